The largest absolute Gasteiger partial charge is 0.493 e. The smallest absolute Gasteiger partial charge is 0.161 e. The molecule has 2 unspecified atom stereocenters. The lowest BCUT2D eigenvalue weighted by Crippen LogP contribution is -2.37. The molecule has 0 bridgehead atoms. The van der Waals surface area contributed by atoms with Gasteiger partial charge in [0.05, 0.1) is 52.1 Å². The highest BCUT2D eigenvalue weighted by molar-refractivity contribution is 5.50. The van der Waals surface area contributed by atoms with Gasteiger partial charge < -0.3 is 28.6 Å². The summed E-state index contributed by atoms with van der Waals surface area (Å²) in [6.45, 7) is 8.85. The van der Waals surface area contributed by atoms with Crippen molar-refractivity contribution in [3.63, 3.8) is 0 Å². The minimum absolute atomic E-state index is 0.147. The van der Waals surface area contributed by atoms with Crippen LogP contribution in [0.4, 0.5) is 0 Å². The summed E-state index contributed by atoms with van der Waals surface area (Å²) in [5.41, 5.74) is 2.40. The molecule has 0 saturated carbocycles. The number of benzene rings is 2. The summed E-state index contributed by atoms with van der Waals surface area (Å²) in [5.74, 6) is 2.95. The number of fused-ring (bicyclic) bond motifs is 1. The summed E-state index contributed by atoms with van der Waals surface area (Å²) in [5, 5.41) is 10.4. The van der Waals surface area contributed by atoms with Crippen LogP contribution in [0.2, 0.25) is 0 Å². The number of nitrogens with zero attached hydrogens (tertiary/aromatic N) is 2. The highest BCUT2D eigenvalue weighted by Gasteiger charge is 2.37. The van der Waals surface area contributed by atoms with Crippen LogP contribution in [0.15, 0.2) is 30.3 Å². The monoisotopic (exact) mass is 524 g/mol. The Labute approximate surface area is 228 Å². The summed E-state index contributed by atoms with van der Waals surface area (Å²) in [7, 11) is 8.73. The average Bonchev–Trinajstić information content (AvgIpc) is 2.93. The van der Waals surface area contributed by atoms with E-state index in [0.29, 0.717) is 18.1 Å². The Balaban J connectivity index is 1.68. The van der Waals surface area contributed by atoms with Crippen LogP contribution in [0.3, 0.4) is 0 Å². The van der Waals surface area contributed by atoms with E-state index in [1.807, 2.05) is 18.2 Å². The molecular formula is C31H44N2O5. The average molecular weight is 525 g/mol. The quantitative estimate of drug-likeness (QED) is 0.331. The normalized spacial score (nSPS) is 18.4. The highest BCUT2D eigenvalue weighted by atomic mass is 16.5. The summed E-state index contributed by atoms with van der Waals surface area (Å²) >= 11 is 0. The zero-order valence-electron chi connectivity index (χ0n) is 24.3. The Kier molecular flexibility index (Phi) is 9.92. The first-order valence-corrected chi connectivity index (χ1v) is 13.4. The van der Waals surface area contributed by atoms with Gasteiger partial charge in [0.15, 0.2) is 23.0 Å². The third-order valence-corrected chi connectivity index (χ3v) is 8.14. The van der Waals surface area contributed by atoms with Crippen LogP contribution >= 0.6 is 0 Å². The maximum Gasteiger partial charge on any atom is 0.161 e. The summed E-state index contributed by atoms with van der Waals surface area (Å²) in [6.07, 6.45) is 3.38. The lowest BCUT2D eigenvalue weighted by atomic mass is 9.69. The fraction of sp³-hybridized carbons (Fsp3) is 0.581. The van der Waals surface area contributed by atoms with Gasteiger partial charge in [-0.2, -0.15) is 5.26 Å². The number of hydrogen-bond donors (Lipinski definition) is 0. The van der Waals surface area contributed by atoms with E-state index >= 15 is 0 Å². The second-order valence-electron chi connectivity index (χ2n) is 10.7. The first-order valence-electron chi connectivity index (χ1n) is 13.4. The van der Waals surface area contributed by atoms with Crippen molar-refractivity contribution in [2.45, 2.75) is 57.5 Å². The lowest BCUT2D eigenvalue weighted by molar-refractivity contribution is -0.0564. The number of rotatable bonds is 13. The third kappa shape index (κ3) is 6.03. The van der Waals surface area contributed by atoms with Crippen molar-refractivity contribution < 1.29 is 23.7 Å². The number of ether oxygens (including phenoxy) is 5. The second-order valence-corrected chi connectivity index (χ2v) is 10.7. The predicted octanol–water partition coefficient (Wildman–Crippen LogP) is 5.73. The molecule has 2 aromatic rings. The summed E-state index contributed by atoms with van der Waals surface area (Å²) in [4.78, 5) is 2.33. The molecule has 3 rings (SSSR count). The van der Waals surface area contributed by atoms with Crippen LogP contribution in [-0.4, -0.2) is 60.1 Å². The fourth-order valence-corrected chi connectivity index (χ4v) is 5.56. The van der Waals surface area contributed by atoms with Crippen LogP contribution in [0, 0.1) is 17.2 Å². The van der Waals surface area contributed by atoms with Crippen molar-refractivity contribution in [3.8, 4) is 29.1 Å². The van der Waals surface area contributed by atoms with E-state index in [1.165, 1.54) is 11.1 Å². The van der Waals surface area contributed by atoms with Crippen molar-refractivity contribution in [1.29, 1.82) is 5.26 Å². The van der Waals surface area contributed by atoms with Crippen molar-refractivity contribution in [2.24, 2.45) is 5.92 Å². The van der Waals surface area contributed by atoms with Gasteiger partial charge in [-0.3, -0.25) is 0 Å². The van der Waals surface area contributed by atoms with E-state index in [0.717, 1.165) is 55.8 Å². The van der Waals surface area contributed by atoms with Crippen LogP contribution < -0.4 is 18.9 Å². The van der Waals surface area contributed by atoms with Gasteiger partial charge in [-0.1, -0.05) is 19.9 Å². The molecule has 7 heteroatoms. The Morgan fingerprint density at radius 1 is 0.974 bits per heavy atom. The van der Waals surface area contributed by atoms with Crippen LogP contribution in [0.5, 0.6) is 23.0 Å². The molecule has 0 amide bonds. The maximum absolute atomic E-state index is 10.4. The van der Waals surface area contributed by atoms with E-state index < -0.39 is 11.0 Å². The summed E-state index contributed by atoms with van der Waals surface area (Å²) < 4.78 is 28.3. The van der Waals surface area contributed by atoms with Gasteiger partial charge in [0.2, 0.25) is 0 Å². The van der Waals surface area contributed by atoms with Gasteiger partial charge >= 0.3 is 0 Å². The molecule has 0 aromatic heterocycles. The van der Waals surface area contributed by atoms with Crippen molar-refractivity contribution in [3.05, 3.63) is 47.0 Å². The van der Waals surface area contributed by atoms with Gasteiger partial charge in [0.25, 0.3) is 0 Å². The molecule has 1 aliphatic rings. The molecule has 2 atom stereocenters. The van der Waals surface area contributed by atoms with E-state index in [2.05, 4.69) is 50.9 Å². The molecule has 2 aromatic carbocycles. The molecule has 0 fully saturated rings. The Hall–Kier alpha value is -2.95. The van der Waals surface area contributed by atoms with E-state index in [-0.39, 0.29) is 5.92 Å². The molecular weight excluding hydrogens is 480 g/mol. The topological polar surface area (TPSA) is 73.2 Å². The molecule has 0 aliphatic carbocycles. The number of methoxy groups -OCH3 is 4. The van der Waals surface area contributed by atoms with E-state index in [4.69, 9.17) is 23.7 Å². The molecule has 0 N–H and O–H groups in total. The second kappa shape index (κ2) is 12.7. The Morgan fingerprint density at radius 2 is 1.61 bits per heavy atom. The zero-order chi connectivity index (χ0) is 27.9. The first-order chi connectivity index (χ1) is 18.2. The van der Waals surface area contributed by atoms with Crippen LogP contribution in [0.25, 0.3) is 0 Å². The maximum atomic E-state index is 10.4. The van der Waals surface area contributed by atoms with Gasteiger partial charge in [-0.05, 0) is 93.1 Å². The first kappa shape index (κ1) is 29.6. The van der Waals surface area contributed by atoms with Crippen molar-refractivity contribution in [2.75, 3.05) is 55.2 Å². The number of nitriles is 1. The molecule has 0 saturated heterocycles. The van der Waals surface area contributed by atoms with Gasteiger partial charge in [-0.15, -0.1) is 0 Å². The fourth-order valence-electron chi connectivity index (χ4n) is 5.56. The van der Waals surface area contributed by atoms with Gasteiger partial charge in [0.1, 0.15) is 0 Å². The summed E-state index contributed by atoms with van der Waals surface area (Å²) in [6, 6.07) is 12.7. The molecule has 208 valence electrons. The minimum Gasteiger partial charge on any atom is -0.493 e. The van der Waals surface area contributed by atoms with Gasteiger partial charge in [0, 0.05) is 6.54 Å². The third-order valence-electron chi connectivity index (χ3n) is 8.14. The van der Waals surface area contributed by atoms with Crippen molar-refractivity contribution in [1.82, 2.24) is 4.90 Å². The zero-order valence-corrected chi connectivity index (χ0v) is 24.3. The Morgan fingerprint density at radius 3 is 2.21 bits per heavy atom. The van der Waals surface area contributed by atoms with Crippen molar-refractivity contribution >= 4 is 0 Å². The molecule has 7 nitrogen and oxygen atoms in total. The van der Waals surface area contributed by atoms with Crippen LogP contribution in [0.1, 0.15) is 56.7 Å². The molecule has 1 heterocycles. The van der Waals surface area contributed by atoms with E-state index in [1.54, 1.807) is 28.4 Å². The molecule has 1 aliphatic heterocycles. The van der Waals surface area contributed by atoms with E-state index in [9.17, 15) is 5.26 Å². The highest BCUT2D eigenvalue weighted by Crippen LogP contribution is 2.42. The van der Waals surface area contributed by atoms with Crippen LogP contribution in [-0.2, 0) is 22.2 Å². The lowest BCUT2D eigenvalue weighted by Gasteiger charge is -2.38. The molecule has 38 heavy (non-hydrogen) atoms. The minimum atomic E-state index is -0.604. The number of hydrogen-bond acceptors (Lipinski definition) is 7. The standard InChI is InChI=1S/C31H44N2O5/c1-22(2)31(21-32,24-10-11-26(34-5)28(19-24)36-7)13-9-15-33(4)16-14-30(3)25-20-29(37-8)27(35-6)18-23(25)12-17-38-30/h10-11,18-20,22H,9,12-17H2,1-8H3. The van der Waals surface area contributed by atoms with Gasteiger partial charge in [-0.25, -0.2) is 0 Å². The Bertz CT molecular complexity index is 1130. The molecule has 0 spiro atoms. The SMILES string of the molecule is COc1ccc(C(C#N)(CCCN(C)CCC2(C)OCCc3cc(OC)c(OC)cc32)C(C)C)cc1OC. The predicted molar refractivity (Wildman–Crippen MR) is 150 cm³/mol. The molecule has 0 radical (unpaired) electrons.